The van der Waals surface area contributed by atoms with Crippen LogP contribution in [0.15, 0.2) is 18.2 Å². The molecule has 0 saturated heterocycles. The molecule has 0 radical (unpaired) electrons. The largest absolute Gasteiger partial charge is 0.493 e. The molecular formula is C17H29NO3. The van der Waals surface area contributed by atoms with Crippen LogP contribution in [0.25, 0.3) is 0 Å². The first-order chi connectivity index (χ1) is 9.93. The van der Waals surface area contributed by atoms with Crippen molar-refractivity contribution >= 4 is 0 Å². The van der Waals surface area contributed by atoms with E-state index < -0.39 is 0 Å². The Morgan fingerprint density at radius 1 is 1.24 bits per heavy atom. The fourth-order valence-electron chi connectivity index (χ4n) is 1.97. The number of ether oxygens (including phenoxy) is 3. The van der Waals surface area contributed by atoms with Gasteiger partial charge in [0.15, 0.2) is 11.5 Å². The van der Waals surface area contributed by atoms with Crippen molar-refractivity contribution in [1.82, 2.24) is 0 Å². The molecular weight excluding hydrogens is 266 g/mol. The van der Waals surface area contributed by atoms with E-state index in [1.165, 1.54) is 0 Å². The Bertz CT molecular complexity index is 432. The Hall–Kier alpha value is -1.26. The van der Waals surface area contributed by atoms with E-state index in [2.05, 4.69) is 13.0 Å². The Kier molecular flexibility index (Phi) is 6.99. The Labute approximate surface area is 128 Å². The summed E-state index contributed by atoms with van der Waals surface area (Å²) in [5.74, 6) is 1.56. The molecule has 1 unspecified atom stereocenters. The molecule has 1 aromatic rings. The third kappa shape index (κ3) is 5.56. The van der Waals surface area contributed by atoms with E-state index in [1.807, 2.05) is 26.0 Å². The standard InChI is InChI=1S/C17H29NO3/c1-6-14(18)12-13-8-7-9-15(19-4)16(13)21-11-10-17(2,3)20-5/h7-9,14H,6,10-12,18H2,1-5H3. The van der Waals surface area contributed by atoms with Gasteiger partial charge in [-0.15, -0.1) is 0 Å². The fraction of sp³-hybridized carbons (Fsp3) is 0.647. The molecule has 0 heterocycles. The van der Waals surface area contributed by atoms with E-state index in [0.29, 0.717) is 6.61 Å². The maximum Gasteiger partial charge on any atom is 0.164 e. The summed E-state index contributed by atoms with van der Waals surface area (Å²) in [6.45, 7) is 6.76. The Morgan fingerprint density at radius 3 is 2.52 bits per heavy atom. The summed E-state index contributed by atoms with van der Waals surface area (Å²) < 4.78 is 16.8. The SMILES string of the molecule is CCC(N)Cc1cccc(OC)c1OCCC(C)(C)OC. The van der Waals surface area contributed by atoms with Gasteiger partial charge >= 0.3 is 0 Å². The van der Waals surface area contributed by atoms with Crippen LogP contribution in [0.4, 0.5) is 0 Å². The van der Waals surface area contributed by atoms with E-state index in [9.17, 15) is 0 Å². The van der Waals surface area contributed by atoms with Crippen LogP contribution < -0.4 is 15.2 Å². The first kappa shape index (κ1) is 17.8. The van der Waals surface area contributed by atoms with Crippen molar-refractivity contribution in [3.63, 3.8) is 0 Å². The van der Waals surface area contributed by atoms with E-state index in [1.54, 1.807) is 14.2 Å². The van der Waals surface area contributed by atoms with E-state index in [4.69, 9.17) is 19.9 Å². The summed E-state index contributed by atoms with van der Waals surface area (Å²) in [7, 11) is 3.37. The van der Waals surface area contributed by atoms with Gasteiger partial charge in [0.25, 0.3) is 0 Å². The van der Waals surface area contributed by atoms with Crippen LogP contribution in [0.5, 0.6) is 11.5 Å². The third-order valence-electron chi connectivity index (χ3n) is 3.79. The minimum atomic E-state index is -0.192. The zero-order valence-electron chi connectivity index (χ0n) is 13.9. The first-order valence-corrected chi connectivity index (χ1v) is 7.53. The summed E-state index contributed by atoms with van der Waals surface area (Å²) in [6.07, 6.45) is 2.53. The highest BCUT2D eigenvalue weighted by Crippen LogP contribution is 2.32. The van der Waals surface area contributed by atoms with Crippen molar-refractivity contribution in [2.24, 2.45) is 5.73 Å². The molecule has 0 aliphatic heterocycles. The fourth-order valence-corrected chi connectivity index (χ4v) is 1.97. The molecule has 0 aromatic heterocycles. The van der Waals surface area contributed by atoms with Crippen molar-refractivity contribution in [1.29, 1.82) is 0 Å². The van der Waals surface area contributed by atoms with Gasteiger partial charge in [0.1, 0.15) is 0 Å². The lowest BCUT2D eigenvalue weighted by atomic mass is 10.0. The number of hydrogen-bond donors (Lipinski definition) is 1. The van der Waals surface area contributed by atoms with Crippen LogP contribution in [-0.2, 0) is 11.2 Å². The molecule has 1 rings (SSSR count). The summed E-state index contributed by atoms with van der Waals surface area (Å²) in [5.41, 5.74) is 6.97. The normalized spacial score (nSPS) is 13.0. The maximum atomic E-state index is 6.07. The first-order valence-electron chi connectivity index (χ1n) is 7.53. The van der Waals surface area contributed by atoms with Crippen LogP contribution >= 0.6 is 0 Å². The molecule has 0 amide bonds. The van der Waals surface area contributed by atoms with Gasteiger partial charge < -0.3 is 19.9 Å². The number of nitrogens with two attached hydrogens (primary N) is 1. The maximum absolute atomic E-state index is 6.07. The average molecular weight is 295 g/mol. The lowest BCUT2D eigenvalue weighted by molar-refractivity contribution is 0.00516. The van der Waals surface area contributed by atoms with Crippen molar-refractivity contribution < 1.29 is 14.2 Å². The van der Waals surface area contributed by atoms with Gasteiger partial charge in [-0.25, -0.2) is 0 Å². The zero-order valence-corrected chi connectivity index (χ0v) is 13.9. The quantitative estimate of drug-likeness (QED) is 0.760. The molecule has 0 bridgehead atoms. The molecule has 0 aliphatic carbocycles. The molecule has 1 atom stereocenters. The zero-order chi connectivity index (χ0) is 15.9. The summed E-state index contributed by atoms with van der Waals surface area (Å²) in [6, 6.07) is 6.07. The molecule has 0 spiro atoms. The van der Waals surface area contributed by atoms with Crippen LogP contribution in [0.3, 0.4) is 0 Å². The number of methoxy groups -OCH3 is 2. The monoisotopic (exact) mass is 295 g/mol. The minimum Gasteiger partial charge on any atom is -0.493 e. The lowest BCUT2D eigenvalue weighted by Gasteiger charge is -2.24. The second kappa shape index (κ2) is 8.25. The molecule has 4 heteroatoms. The van der Waals surface area contributed by atoms with Crippen molar-refractivity contribution in [2.45, 2.75) is 51.7 Å². The van der Waals surface area contributed by atoms with E-state index in [-0.39, 0.29) is 11.6 Å². The molecule has 21 heavy (non-hydrogen) atoms. The van der Waals surface area contributed by atoms with Crippen LogP contribution in [-0.4, -0.2) is 32.5 Å². The number of benzene rings is 1. The number of para-hydroxylation sites is 1. The average Bonchev–Trinajstić information content (AvgIpc) is 2.48. The predicted molar refractivity (Wildman–Crippen MR) is 86.2 cm³/mol. The Balaban J connectivity index is 2.82. The molecule has 0 aliphatic rings. The molecule has 4 nitrogen and oxygen atoms in total. The van der Waals surface area contributed by atoms with Crippen LogP contribution in [0, 0.1) is 0 Å². The van der Waals surface area contributed by atoms with Crippen molar-refractivity contribution in [3.05, 3.63) is 23.8 Å². The summed E-state index contributed by atoms with van der Waals surface area (Å²) in [5, 5.41) is 0. The highest BCUT2D eigenvalue weighted by molar-refractivity contribution is 5.47. The summed E-state index contributed by atoms with van der Waals surface area (Å²) in [4.78, 5) is 0. The van der Waals surface area contributed by atoms with Gasteiger partial charge in [0, 0.05) is 19.6 Å². The highest BCUT2D eigenvalue weighted by Gasteiger charge is 2.18. The van der Waals surface area contributed by atoms with E-state index >= 15 is 0 Å². The smallest absolute Gasteiger partial charge is 0.164 e. The van der Waals surface area contributed by atoms with Crippen molar-refractivity contribution in [3.8, 4) is 11.5 Å². The number of hydrogen-bond acceptors (Lipinski definition) is 4. The van der Waals surface area contributed by atoms with Gasteiger partial charge in [-0.3, -0.25) is 0 Å². The number of rotatable bonds is 9. The molecule has 1 aromatic carbocycles. The van der Waals surface area contributed by atoms with Crippen molar-refractivity contribution in [2.75, 3.05) is 20.8 Å². The predicted octanol–water partition coefficient (Wildman–Crippen LogP) is 3.17. The lowest BCUT2D eigenvalue weighted by Crippen LogP contribution is -2.25. The molecule has 120 valence electrons. The third-order valence-corrected chi connectivity index (χ3v) is 3.79. The van der Waals surface area contributed by atoms with Gasteiger partial charge in [-0.2, -0.15) is 0 Å². The van der Waals surface area contributed by atoms with Gasteiger partial charge in [0.2, 0.25) is 0 Å². The van der Waals surface area contributed by atoms with Gasteiger partial charge in [0.05, 0.1) is 19.3 Å². The van der Waals surface area contributed by atoms with Gasteiger partial charge in [-0.1, -0.05) is 19.1 Å². The van der Waals surface area contributed by atoms with E-state index in [0.717, 1.165) is 36.3 Å². The summed E-state index contributed by atoms with van der Waals surface area (Å²) >= 11 is 0. The Morgan fingerprint density at radius 2 is 1.95 bits per heavy atom. The van der Waals surface area contributed by atoms with Gasteiger partial charge in [-0.05, 0) is 38.3 Å². The molecule has 0 saturated carbocycles. The van der Waals surface area contributed by atoms with Crippen LogP contribution in [0.2, 0.25) is 0 Å². The molecule has 0 fully saturated rings. The highest BCUT2D eigenvalue weighted by atomic mass is 16.5. The topological polar surface area (TPSA) is 53.7 Å². The second-order valence-electron chi connectivity index (χ2n) is 5.88. The van der Waals surface area contributed by atoms with Crippen LogP contribution in [0.1, 0.15) is 39.2 Å². The second-order valence-corrected chi connectivity index (χ2v) is 5.88. The molecule has 2 N–H and O–H groups in total. The minimum absolute atomic E-state index is 0.134.